The first-order valence-electron chi connectivity index (χ1n) is 6.38. The van der Waals surface area contributed by atoms with Crippen LogP contribution in [-0.4, -0.2) is 13.0 Å². The molecule has 0 aliphatic heterocycles. The number of nitrogen functional groups attached to an aromatic ring is 1. The standard InChI is InChI=1S/C16H18N2O2/c1-10-5-4-6-14(11(10)2)20-15-9-12(16(19)18-3)7-8-13(15)17/h4-9H,17H2,1-3H3,(H,18,19). The highest BCUT2D eigenvalue weighted by atomic mass is 16.5. The molecule has 0 fully saturated rings. The van der Waals surface area contributed by atoms with E-state index in [1.807, 2.05) is 32.0 Å². The smallest absolute Gasteiger partial charge is 0.251 e. The van der Waals surface area contributed by atoms with Crippen molar-refractivity contribution >= 4 is 11.6 Å². The molecule has 0 saturated carbocycles. The van der Waals surface area contributed by atoms with Crippen LogP contribution in [-0.2, 0) is 0 Å². The van der Waals surface area contributed by atoms with Gasteiger partial charge in [-0.15, -0.1) is 0 Å². The largest absolute Gasteiger partial charge is 0.455 e. The molecule has 0 aliphatic carbocycles. The quantitative estimate of drug-likeness (QED) is 0.842. The summed E-state index contributed by atoms with van der Waals surface area (Å²) in [6.07, 6.45) is 0. The molecule has 4 nitrogen and oxygen atoms in total. The van der Waals surface area contributed by atoms with Gasteiger partial charge in [-0.25, -0.2) is 0 Å². The fourth-order valence-corrected chi connectivity index (χ4v) is 1.86. The Hall–Kier alpha value is -2.49. The number of ether oxygens (including phenoxy) is 1. The molecule has 2 aromatic rings. The lowest BCUT2D eigenvalue weighted by molar-refractivity contribution is 0.0963. The Morgan fingerprint density at radius 1 is 1.15 bits per heavy atom. The average Bonchev–Trinajstić information content (AvgIpc) is 2.45. The summed E-state index contributed by atoms with van der Waals surface area (Å²) in [6, 6.07) is 10.8. The van der Waals surface area contributed by atoms with Gasteiger partial charge < -0.3 is 15.8 Å². The Balaban J connectivity index is 2.38. The number of amides is 1. The van der Waals surface area contributed by atoms with E-state index in [2.05, 4.69) is 5.32 Å². The summed E-state index contributed by atoms with van der Waals surface area (Å²) in [5, 5.41) is 2.58. The van der Waals surface area contributed by atoms with Gasteiger partial charge in [-0.05, 0) is 49.2 Å². The lowest BCUT2D eigenvalue weighted by atomic mass is 10.1. The molecule has 20 heavy (non-hydrogen) atoms. The molecular weight excluding hydrogens is 252 g/mol. The van der Waals surface area contributed by atoms with Crippen LogP contribution in [0.5, 0.6) is 11.5 Å². The number of carbonyl (C=O) groups is 1. The molecule has 0 bridgehead atoms. The number of anilines is 1. The van der Waals surface area contributed by atoms with Crippen molar-refractivity contribution in [3.05, 3.63) is 53.1 Å². The molecular formula is C16H18N2O2. The van der Waals surface area contributed by atoms with E-state index in [0.29, 0.717) is 17.0 Å². The Morgan fingerprint density at radius 2 is 1.90 bits per heavy atom. The van der Waals surface area contributed by atoms with E-state index >= 15 is 0 Å². The molecule has 104 valence electrons. The van der Waals surface area contributed by atoms with Crippen LogP contribution >= 0.6 is 0 Å². The number of hydrogen-bond acceptors (Lipinski definition) is 3. The van der Waals surface area contributed by atoms with Gasteiger partial charge >= 0.3 is 0 Å². The summed E-state index contributed by atoms with van der Waals surface area (Å²) in [5.74, 6) is 1.06. The molecule has 2 rings (SSSR count). The van der Waals surface area contributed by atoms with E-state index in [9.17, 15) is 4.79 Å². The number of carbonyl (C=O) groups excluding carboxylic acids is 1. The van der Waals surface area contributed by atoms with Crippen molar-refractivity contribution < 1.29 is 9.53 Å². The highest BCUT2D eigenvalue weighted by molar-refractivity contribution is 5.95. The SMILES string of the molecule is CNC(=O)c1ccc(N)c(Oc2cccc(C)c2C)c1. The van der Waals surface area contributed by atoms with Crippen LogP contribution in [0, 0.1) is 13.8 Å². The van der Waals surface area contributed by atoms with E-state index in [0.717, 1.165) is 16.9 Å². The topological polar surface area (TPSA) is 64.4 Å². The van der Waals surface area contributed by atoms with E-state index < -0.39 is 0 Å². The van der Waals surface area contributed by atoms with Crippen LogP contribution in [0.1, 0.15) is 21.5 Å². The maximum atomic E-state index is 11.6. The number of nitrogens with two attached hydrogens (primary N) is 1. The Morgan fingerprint density at radius 3 is 2.60 bits per heavy atom. The van der Waals surface area contributed by atoms with Crippen LogP contribution < -0.4 is 15.8 Å². The molecule has 0 heterocycles. The van der Waals surface area contributed by atoms with Gasteiger partial charge in [0.25, 0.3) is 5.91 Å². The zero-order chi connectivity index (χ0) is 14.7. The maximum absolute atomic E-state index is 11.6. The van der Waals surface area contributed by atoms with Gasteiger partial charge in [-0.3, -0.25) is 4.79 Å². The summed E-state index contributed by atoms with van der Waals surface area (Å²) in [6.45, 7) is 4.01. The number of benzene rings is 2. The molecule has 0 aliphatic rings. The van der Waals surface area contributed by atoms with Crippen molar-refractivity contribution in [2.45, 2.75) is 13.8 Å². The van der Waals surface area contributed by atoms with E-state index in [1.54, 1.807) is 25.2 Å². The minimum Gasteiger partial charge on any atom is -0.455 e. The molecule has 1 amide bonds. The minimum absolute atomic E-state index is 0.171. The Kier molecular flexibility index (Phi) is 3.94. The van der Waals surface area contributed by atoms with Crippen LogP contribution in [0.2, 0.25) is 0 Å². The number of hydrogen-bond donors (Lipinski definition) is 2. The average molecular weight is 270 g/mol. The molecule has 0 unspecified atom stereocenters. The number of nitrogens with one attached hydrogen (secondary N) is 1. The molecule has 4 heteroatoms. The van der Waals surface area contributed by atoms with Gasteiger partial charge in [0.2, 0.25) is 0 Å². The van der Waals surface area contributed by atoms with E-state index in [4.69, 9.17) is 10.5 Å². The first-order chi connectivity index (χ1) is 9.52. The molecule has 0 atom stereocenters. The Labute approximate surface area is 118 Å². The summed E-state index contributed by atoms with van der Waals surface area (Å²) >= 11 is 0. The van der Waals surface area contributed by atoms with Gasteiger partial charge in [0.1, 0.15) is 5.75 Å². The Bertz CT molecular complexity index is 651. The number of aryl methyl sites for hydroxylation is 1. The van der Waals surface area contributed by atoms with Gasteiger partial charge in [0, 0.05) is 12.6 Å². The summed E-state index contributed by atoms with van der Waals surface area (Å²) in [4.78, 5) is 11.6. The second-order valence-electron chi connectivity index (χ2n) is 4.63. The van der Waals surface area contributed by atoms with Gasteiger partial charge in [0.05, 0.1) is 5.69 Å². The fourth-order valence-electron chi connectivity index (χ4n) is 1.86. The second kappa shape index (κ2) is 5.65. The van der Waals surface area contributed by atoms with Crippen LogP contribution in [0.25, 0.3) is 0 Å². The third kappa shape index (κ3) is 2.74. The molecule has 0 aromatic heterocycles. The molecule has 3 N–H and O–H groups in total. The number of rotatable bonds is 3. The first-order valence-corrected chi connectivity index (χ1v) is 6.38. The minimum atomic E-state index is -0.171. The van der Waals surface area contributed by atoms with Gasteiger partial charge in [0.15, 0.2) is 5.75 Å². The third-order valence-corrected chi connectivity index (χ3v) is 3.28. The van der Waals surface area contributed by atoms with Crippen LogP contribution in [0.4, 0.5) is 5.69 Å². The van der Waals surface area contributed by atoms with E-state index in [-0.39, 0.29) is 5.91 Å². The van der Waals surface area contributed by atoms with Crippen molar-refractivity contribution in [2.75, 3.05) is 12.8 Å². The normalized spacial score (nSPS) is 10.2. The highest BCUT2D eigenvalue weighted by Gasteiger charge is 2.10. The predicted molar refractivity (Wildman–Crippen MR) is 80.2 cm³/mol. The van der Waals surface area contributed by atoms with Crippen molar-refractivity contribution in [1.29, 1.82) is 0 Å². The second-order valence-corrected chi connectivity index (χ2v) is 4.63. The summed E-state index contributed by atoms with van der Waals surface area (Å²) in [7, 11) is 1.59. The van der Waals surface area contributed by atoms with Crippen LogP contribution in [0.3, 0.4) is 0 Å². The molecule has 0 spiro atoms. The zero-order valence-electron chi connectivity index (χ0n) is 11.9. The predicted octanol–water partition coefficient (Wildman–Crippen LogP) is 3.04. The maximum Gasteiger partial charge on any atom is 0.251 e. The van der Waals surface area contributed by atoms with Crippen molar-refractivity contribution in [3.63, 3.8) is 0 Å². The van der Waals surface area contributed by atoms with Crippen molar-refractivity contribution in [2.24, 2.45) is 0 Å². The van der Waals surface area contributed by atoms with Crippen molar-refractivity contribution in [1.82, 2.24) is 5.32 Å². The third-order valence-electron chi connectivity index (χ3n) is 3.28. The fraction of sp³-hybridized carbons (Fsp3) is 0.188. The van der Waals surface area contributed by atoms with Crippen molar-refractivity contribution in [3.8, 4) is 11.5 Å². The zero-order valence-corrected chi connectivity index (χ0v) is 11.9. The monoisotopic (exact) mass is 270 g/mol. The highest BCUT2D eigenvalue weighted by Crippen LogP contribution is 2.31. The van der Waals surface area contributed by atoms with Gasteiger partial charge in [-0.1, -0.05) is 12.1 Å². The lowest BCUT2D eigenvalue weighted by Gasteiger charge is -2.13. The first kappa shape index (κ1) is 13.9. The molecule has 2 aromatic carbocycles. The van der Waals surface area contributed by atoms with Gasteiger partial charge in [-0.2, -0.15) is 0 Å². The summed E-state index contributed by atoms with van der Waals surface area (Å²) in [5.41, 5.74) is 9.12. The molecule has 0 saturated heterocycles. The lowest BCUT2D eigenvalue weighted by Crippen LogP contribution is -2.17. The van der Waals surface area contributed by atoms with Crippen LogP contribution in [0.15, 0.2) is 36.4 Å². The summed E-state index contributed by atoms with van der Waals surface area (Å²) < 4.78 is 5.85. The molecule has 0 radical (unpaired) electrons. The van der Waals surface area contributed by atoms with E-state index in [1.165, 1.54) is 0 Å².